The number of rotatable bonds is 54. The Labute approximate surface area is 474 Å². The van der Waals surface area contributed by atoms with Crippen LogP contribution in [0.5, 0.6) is 0 Å². The van der Waals surface area contributed by atoms with Crippen molar-refractivity contribution in [1.29, 1.82) is 0 Å². The zero-order valence-corrected chi connectivity index (χ0v) is 50.8. The first-order valence-electron chi connectivity index (χ1n) is 30.7. The Kier molecular flexibility index (Phi) is 54.4. The van der Waals surface area contributed by atoms with Gasteiger partial charge in [-0.25, -0.2) is 4.57 Å². The fraction of sp³-hybridized carbons (Fsp3) is 0.632. The van der Waals surface area contributed by atoms with Crippen LogP contribution in [0.15, 0.2) is 146 Å². The van der Waals surface area contributed by atoms with Gasteiger partial charge in [-0.1, -0.05) is 262 Å². The van der Waals surface area contributed by atoms with Crippen molar-refractivity contribution >= 4 is 13.7 Å². The predicted molar refractivity (Wildman–Crippen MR) is 336 cm³/mol. The third kappa shape index (κ3) is 59.9. The first kappa shape index (κ1) is 73.4. The maximum absolute atomic E-state index is 13.0. The van der Waals surface area contributed by atoms with Gasteiger partial charge >= 0.3 is 7.82 Å². The van der Waals surface area contributed by atoms with Gasteiger partial charge in [0.1, 0.15) is 13.2 Å². The van der Waals surface area contributed by atoms with E-state index in [9.17, 15) is 19.4 Å². The van der Waals surface area contributed by atoms with E-state index in [0.29, 0.717) is 17.4 Å². The Morgan fingerprint density at radius 1 is 0.455 bits per heavy atom. The summed E-state index contributed by atoms with van der Waals surface area (Å²) in [6.45, 7) is 4.67. The lowest BCUT2D eigenvalue weighted by atomic mass is 10.0. The number of nitrogens with zero attached hydrogens (tertiary/aromatic N) is 1. The number of aliphatic hydroxyl groups is 1. The van der Waals surface area contributed by atoms with Crippen LogP contribution in [0.3, 0.4) is 0 Å². The van der Waals surface area contributed by atoms with Gasteiger partial charge in [-0.2, -0.15) is 0 Å². The molecule has 0 aromatic rings. The molecule has 438 valence electrons. The minimum absolute atomic E-state index is 0.0500. The molecular weight excluding hydrogens is 972 g/mol. The second-order valence-electron chi connectivity index (χ2n) is 21.3. The number of aliphatic hydroxyl groups excluding tert-OH is 1. The molecule has 0 saturated heterocycles. The number of hydrogen-bond acceptors (Lipinski definition) is 5. The molecule has 3 unspecified atom stereocenters. The summed E-state index contributed by atoms with van der Waals surface area (Å²) in [5.74, 6) is -0.201. The lowest BCUT2D eigenvalue weighted by molar-refractivity contribution is -0.870. The highest BCUT2D eigenvalue weighted by Gasteiger charge is 2.27. The topological polar surface area (TPSA) is 105 Å². The van der Waals surface area contributed by atoms with Crippen LogP contribution in [0.2, 0.25) is 0 Å². The zero-order valence-electron chi connectivity index (χ0n) is 49.9. The average Bonchev–Trinajstić information content (AvgIpc) is 3.39. The summed E-state index contributed by atoms with van der Waals surface area (Å²) < 4.78 is 23.7. The van der Waals surface area contributed by atoms with E-state index in [4.69, 9.17) is 9.05 Å². The molecular formula is C68H116N2O6P+. The first-order valence-corrected chi connectivity index (χ1v) is 32.2. The monoisotopic (exact) mass is 1090 g/mol. The van der Waals surface area contributed by atoms with Crippen molar-refractivity contribution < 1.29 is 32.9 Å². The molecule has 0 aliphatic carbocycles. The first-order chi connectivity index (χ1) is 37.5. The number of hydrogen-bond donors (Lipinski definition) is 3. The summed E-state index contributed by atoms with van der Waals surface area (Å²) in [4.78, 5) is 23.3. The number of phosphoric ester groups is 1. The van der Waals surface area contributed by atoms with E-state index in [0.717, 1.165) is 128 Å². The number of allylic oxidation sites excluding steroid dienone is 23. The second-order valence-corrected chi connectivity index (χ2v) is 22.8. The number of nitrogens with one attached hydrogen (secondary N) is 1. The summed E-state index contributed by atoms with van der Waals surface area (Å²) in [5.41, 5.74) is 0. The van der Waals surface area contributed by atoms with Crippen LogP contribution in [0.4, 0.5) is 0 Å². The van der Waals surface area contributed by atoms with E-state index in [1.54, 1.807) is 6.08 Å². The molecule has 0 rings (SSSR count). The van der Waals surface area contributed by atoms with Crippen LogP contribution < -0.4 is 5.32 Å². The van der Waals surface area contributed by atoms with Gasteiger partial charge in [0.2, 0.25) is 5.91 Å². The number of carbonyl (C=O) groups is 1. The van der Waals surface area contributed by atoms with Crippen LogP contribution >= 0.6 is 7.82 Å². The van der Waals surface area contributed by atoms with Crippen LogP contribution in [0.25, 0.3) is 0 Å². The summed E-state index contributed by atoms with van der Waals surface area (Å²) in [7, 11) is 1.54. The highest BCUT2D eigenvalue weighted by Crippen LogP contribution is 2.43. The second kappa shape index (κ2) is 57.1. The Balaban J connectivity index is 4.22. The van der Waals surface area contributed by atoms with Gasteiger partial charge in [-0.05, 0) is 103 Å². The average molecular weight is 1090 g/mol. The van der Waals surface area contributed by atoms with E-state index < -0.39 is 20.0 Å². The standard InChI is InChI=1S/C68H115N2O6P/c1-6-8-10-12-14-16-18-20-22-24-25-26-27-28-29-30-31-32-33-34-35-36-37-38-39-40-41-42-43-44-45-46-48-50-52-54-56-58-60-62-68(72)69-66(65-76-77(73,74)75-64-63-70(3,4)5)67(71)61-59-57-55-53-51-49-47-23-21-19-17-15-13-11-9-7-2/h8,10,14,16,20,22,25-26,28-29,31-32,34-35,37-38,40-41,43-44,46,48,59,61,66-67,71H,6-7,9,11-13,15,17-19,21,23-24,27,30,33,36,39,42,45,47,49-58,60,62-65H2,1-5H3,(H-,69,72,73,74)/p+1/b10-8-,16-14-,22-20-,26-25-,29-28-,32-31-,35-34-,38-37-,41-40-,44-43-,48-46-,61-59+. The highest BCUT2D eigenvalue weighted by atomic mass is 31.2. The molecule has 0 bridgehead atoms. The van der Waals surface area contributed by atoms with Crippen molar-refractivity contribution in [3.05, 3.63) is 146 Å². The van der Waals surface area contributed by atoms with E-state index >= 15 is 0 Å². The number of likely N-dealkylation sites (N-methyl/N-ethyl adjacent to an activating group) is 1. The molecule has 0 heterocycles. The zero-order chi connectivity index (χ0) is 56.3. The fourth-order valence-corrected chi connectivity index (χ4v) is 8.78. The number of carbonyl (C=O) groups excluding carboxylic acids is 1. The minimum Gasteiger partial charge on any atom is -0.387 e. The molecule has 0 spiro atoms. The van der Waals surface area contributed by atoms with Crippen molar-refractivity contribution in [2.45, 2.75) is 238 Å². The molecule has 0 aromatic carbocycles. The Bertz CT molecular complexity index is 1760. The van der Waals surface area contributed by atoms with Crippen molar-refractivity contribution in [3.63, 3.8) is 0 Å². The van der Waals surface area contributed by atoms with E-state index in [1.165, 1.54) is 77.0 Å². The molecule has 0 aromatic heterocycles. The van der Waals surface area contributed by atoms with Crippen molar-refractivity contribution in [2.24, 2.45) is 0 Å². The van der Waals surface area contributed by atoms with Gasteiger partial charge in [0.15, 0.2) is 0 Å². The third-order valence-corrected chi connectivity index (χ3v) is 13.8. The Morgan fingerprint density at radius 2 is 0.779 bits per heavy atom. The maximum Gasteiger partial charge on any atom is 0.472 e. The van der Waals surface area contributed by atoms with Crippen molar-refractivity contribution in [3.8, 4) is 0 Å². The Hall–Kier alpha value is -3.62. The van der Waals surface area contributed by atoms with E-state index in [2.05, 4.69) is 153 Å². The lowest BCUT2D eigenvalue weighted by Crippen LogP contribution is -2.45. The van der Waals surface area contributed by atoms with Crippen LogP contribution in [-0.2, 0) is 18.4 Å². The molecule has 0 aliphatic rings. The quantitative estimate of drug-likeness (QED) is 0.0243. The number of quaternary nitrogens is 1. The third-order valence-electron chi connectivity index (χ3n) is 12.8. The molecule has 8 nitrogen and oxygen atoms in total. The molecule has 0 aliphatic heterocycles. The normalized spacial score (nSPS) is 14.8. The largest absolute Gasteiger partial charge is 0.472 e. The van der Waals surface area contributed by atoms with Gasteiger partial charge in [0.05, 0.1) is 39.9 Å². The Morgan fingerprint density at radius 3 is 1.14 bits per heavy atom. The molecule has 77 heavy (non-hydrogen) atoms. The number of phosphoric acid groups is 1. The highest BCUT2D eigenvalue weighted by molar-refractivity contribution is 7.47. The van der Waals surface area contributed by atoms with Crippen molar-refractivity contribution in [1.82, 2.24) is 5.32 Å². The molecule has 3 N–H and O–H groups in total. The summed E-state index contributed by atoms with van der Waals surface area (Å²) in [6, 6.07) is -0.868. The van der Waals surface area contributed by atoms with Gasteiger partial charge in [0, 0.05) is 6.42 Å². The van der Waals surface area contributed by atoms with E-state index in [-0.39, 0.29) is 19.1 Å². The molecule has 0 saturated carbocycles. The van der Waals surface area contributed by atoms with Gasteiger partial charge in [0.25, 0.3) is 0 Å². The fourth-order valence-electron chi connectivity index (χ4n) is 8.05. The smallest absolute Gasteiger partial charge is 0.387 e. The van der Waals surface area contributed by atoms with Crippen LogP contribution in [0.1, 0.15) is 226 Å². The predicted octanol–water partition coefficient (Wildman–Crippen LogP) is 19.3. The van der Waals surface area contributed by atoms with Crippen LogP contribution in [0, 0.1) is 0 Å². The van der Waals surface area contributed by atoms with E-state index in [1.807, 2.05) is 27.2 Å². The molecule has 3 atom stereocenters. The van der Waals surface area contributed by atoms with Crippen molar-refractivity contribution in [2.75, 3.05) is 40.9 Å². The van der Waals surface area contributed by atoms with Gasteiger partial charge in [-0.15, -0.1) is 0 Å². The summed E-state index contributed by atoms with van der Waals surface area (Å²) >= 11 is 0. The SMILES string of the molecule is CC/C=C\C/C=C\C/C=C\C/C=C\C/C=C\C/C=C\C/C=C\C/C=C\C/C=C\C/C=C\C/C=C\CCCCCCCC(=O)NC(COP(=O)(O)OCC[N+](C)(C)C)C(O)/C=C/CCCCCCCCCCCCCCCC. The minimum atomic E-state index is -4.36. The lowest BCUT2D eigenvalue weighted by Gasteiger charge is -2.25. The molecule has 1 amide bonds. The molecule has 0 radical (unpaired) electrons. The maximum atomic E-state index is 13.0. The van der Waals surface area contributed by atoms with Crippen LogP contribution in [-0.4, -0.2) is 73.4 Å². The van der Waals surface area contributed by atoms with Gasteiger partial charge in [-0.3, -0.25) is 13.8 Å². The van der Waals surface area contributed by atoms with Gasteiger partial charge < -0.3 is 19.8 Å². The molecule has 9 heteroatoms. The molecule has 0 fully saturated rings. The summed E-state index contributed by atoms with van der Waals surface area (Å²) in [5, 5.41) is 13.9. The number of amides is 1. The summed E-state index contributed by atoms with van der Waals surface area (Å²) in [6.07, 6.45) is 88.1. The number of unbranched alkanes of at least 4 members (excludes halogenated alkanes) is 19.